The Morgan fingerprint density at radius 3 is 2.46 bits per heavy atom. The molecule has 0 spiro atoms. The number of carbonyl (C=O) groups excluding carboxylic acids is 1. The summed E-state index contributed by atoms with van der Waals surface area (Å²) in [5.74, 6) is 1.30. The molecule has 0 aromatic heterocycles. The SMILES string of the molecule is O=C(NCCSc1ccccc1)C1CCN(Cc2ccc(Br)cc2)CC1. The van der Waals surface area contributed by atoms with Gasteiger partial charge in [-0.1, -0.05) is 46.3 Å². The van der Waals surface area contributed by atoms with Crippen molar-refractivity contribution in [2.24, 2.45) is 5.92 Å². The molecule has 0 unspecified atom stereocenters. The average molecular weight is 433 g/mol. The lowest BCUT2D eigenvalue weighted by atomic mass is 9.95. The van der Waals surface area contributed by atoms with Crippen molar-refractivity contribution in [1.29, 1.82) is 0 Å². The Morgan fingerprint density at radius 1 is 1.08 bits per heavy atom. The molecule has 1 fully saturated rings. The summed E-state index contributed by atoms with van der Waals surface area (Å²) in [5.41, 5.74) is 1.33. The van der Waals surface area contributed by atoms with E-state index in [0.29, 0.717) is 0 Å². The zero-order valence-electron chi connectivity index (χ0n) is 14.9. The van der Waals surface area contributed by atoms with Crippen molar-refractivity contribution in [2.45, 2.75) is 24.3 Å². The number of hydrogen-bond donors (Lipinski definition) is 1. The van der Waals surface area contributed by atoms with Crippen molar-refractivity contribution >= 4 is 33.6 Å². The van der Waals surface area contributed by atoms with Crippen LogP contribution in [-0.4, -0.2) is 36.2 Å². The van der Waals surface area contributed by atoms with E-state index in [9.17, 15) is 4.79 Å². The van der Waals surface area contributed by atoms with Crippen LogP contribution in [0.4, 0.5) is 0 Å². The fraction of sp³-hybridized carbons (Fsp3) is 0.381. The van der Waals surface area contributed by atoms with Crippen LogP contribution in [0, 0.1) is 5.92 Å². The molecule has 3 nitrogen and oxygen atoms in total. The molecule has 138 valence electrons. The molecule has 1 aliphatic rings. The number of amides is 1. The summed E-state index contributed by atoms with van der Waals surface area (Å²) >= 11 is 5.26. The third kappa shape index (κ3) is 6.15. The first kappa shape index (κ1) is 19.5. The Kier molecular flexibility index (Phi) is 7.59. The molecule has 1 heterocycles. The van der Waals surface area contributed by atoms with Crippen LogP contribution < -0.4 is 5.32 Å². The number of nitrogens with zero attached hydrogens (tertiary/aromatic N) is 1. The van der Waals surface area contributed by atoms with Crippen LogP contribution in [0.25, 0.3) is 0 Å². The lowest BCUT2D eigenvalue weighted by Crippen LogP contribution is -2.40. The quantitative estimate of drug-likeness (QED) is 0.513. The molecule has 1 aliphatic heterocycles. The zero-order valence-corrected chi connectivity index (χ0v) is 17.3. The van der Waals surface area contributed by atoms with E-state index in [0.717, 1.165) is 49.2 Å². The van der Waals surface area contributed by atoms with E-state index in [4.69, 9.17) is 0 Å². The predicted molar refractivity (Wildman–Crippen MR) is 112 cm³/mol. The summed E-state index contributed by atoms with van der Waals surface area (Å²) in [6, 6.07) is 18.8. The summed E-state index contributed by atoms with van der Waals surface area (Å²) in [6.45, 7) is 3.69. The van der Waals surface area contributed by atoms with Gasteiger partial charge in [0, 0.05) is 34.1 Å². The molecule has 1 N–H and O–H groups in total. The summed E-state index contributed by atoms with van der Waals surface area (Å²) in [7, 11) is 0. The van der Waals surface area contributed by atoms with E-state index >= 15 is 0 Å². The van der Waals surface area contributed by atoms with Gasteiger partial charge in [0.25, 0.3) is 0 Å². The number of thioether (sulfide) groups is 1. The van der Waals surface area contributed by atoms with Crippen molar-refractivity contribution in [3.05, 3.63) is 64.6 Å². The second kappa shape index (κ2) is 10.1. The number of halogens is 1. The highest BCUT2D eigenvalue weighted by Gasteiger charge is 2.24. The van der Waals surface area contributed by atoms with Gasteiger partial charge < -0.3 is 5.32 Å². The first-order valence-corrected chi connectivity index (χ1v) is 10.9. The molecule has 0 aliphatic carbocycles. The van der Waals surface area contributed by atoms with Crippen molar-refractivity contribution in [3.63, 3.8) is 0 Å². The largest absolute Gasteiger partial charge is 0.355 e. The molecule has 0 saturated carbocycles. The Morgan fingerprint density at radius 2 is 1.77 bits per heavy atom. The van der Waals surface area contributed by atoms with Crippen LogP contribution in [0.5, 0.6) is 0 Å². The molecular formula is C21H25BrN2OS. The van der Waals surface area contributed by atoms with Gasteiger partial charge in [-0.2, -0.15) is 0 Å². The third-order valence-electron chi connectivity index (χ3n) is 4.69. The average Bonchev–Trinajstić information content (AvgIpc) is 2.68. The topological polar surface area (TPSA) is 32.3 Å². The Balaban J connectivity index is 1.33. The number of carbonyl (C=O) groups is 1. The zero-order chi connectivity index (χ0) is 18.2. The fourth-order valence-electron chi connectivity index (χ4n) is 3.21. The second-order valence-electron chi connectivity index (χ2n) is 6.63. The van der Waals surface area contributed by atoms with E-state index < -0.39 is 0 Å². The van der Waals surface area contributed by atoms with E-state index in [1.165, 1.54) is 10.5 Å². The molecule has 5 heteroatoms. The maximum atomic E-state index is 12.4. The lowest BCUT2D eigenvalue weighted by Gasteiger charge is -2.31. The molecule has 0 bridgehead atoms. The van der Waals surface area contributed by atoms with Crippen molar-refractivity contribution in [3.8, 4) is 0 Å². The highest BCUT2D eigenvalue weighted by Crippen LogP contribution is 2.20. The first-order chi connectivity index (χ1) is 12.7. The summed E-state index contributed by atoms with van der Waals surface area (Å²) < 4.78 is 1.11. The minimum absolute atomic E-state index is 0.165. The van der Waals surface area contributed by atoms with Crippen LogP contribution >= 0.6 is 27.7 Å². The molecule has 2 aromatic carbocycles. The number of piperidine rings is 1. The Bertz CT molecular complexity index is 685. The van der Waals surface area contributed by atoms with E-state index in [1.807, 2.05) is 18.2 Å². The number of hydrogen-bond acceptors (Lipinski definition) is 3. The molecule has 1 saturated heterocycles. The van der Waals surface area contributed by atoms with E-state index in [2.05, 4.69) is 62.5 Å². The van der Waals surface area contributed by atoms with Gasteiger partial charge >= 0.3 is 0 Å². The minimum atomic E-state index is 0.165. The van der Waals surface area contributed by atoms with Crippen LogP contribution in [0.1, 0.15) is 18.4 Å². The molecule has 1 amide bonds. The molecule has 26 heavy (non-hydrogen) atoms. The van der Waals surface area contributed by atoms with Crippen molar-refractivity contribution in [1.82, 2.24) is 10.2 Å². The summed E-state index contributed by atoms with van der Waals surface area (Å²) in [6.07, 6.45) is 1.91. The second-order valence-corrected chi connectivity index (χ2v) is 8.71. The molecular weight excluding hydrogens is 408 g/mol. The van der Waals surface area contributed by atoms with Crippen molar-refractivity contribution in [2.75, 3.05) is 25.4 Å². The Labute approximate surface area is 168 Å². The monoisotopic (exact) mass is 432 g/mol. The summed E-state index contributed by atoms with van der Waals surface area (Å²) in [4.78, 5) is 16.1. The molecule has 0 radical (unpaired) electrons. The van der Waals surface area contributed by atoms with Crippen LogP contribution in [0.3, 0.4) is 0 Å². The lowest BCUT2D eigenvalue weighted by molar-refractivity contribution is -0.126. The van der Waals surface area contributed by atoms with Crippen LogP contribution in [-0.2, 0) is 11.3 Å². The number of likely N-dealkylation sites (tertiary alicyclic amines) is 1. The van der Waals surface area contributed by atoms with E-state index in [1.54, 1.807) is 11.8 Å². The minimum Gasteiger partial charge on any atom is -0.355 e. The van der Waals surface area contributed by atoms with Gasteiger partial charge in [0.05, 0.1) is 0 Å². The smallest absolute Gasteiger partial charge is 0.223 e. The highest BCUT2D eigenvalue weighted by atomic mass is 79.9. The van der Waals surface area contributed by atoms with Gasteiger partial charge in [-0.05, 0) is 55.8 Å². The fourth-order valence-corrected chi connectivity index (χ4v) is 4.26. The van der Waals surface area contributed by atoms with Crippen molar-refractivity contribution < 1.29 is 4.79 Å². The number of benzene rings is 2. The molecule has 0 atom stereocenters. The molecule has 2 aromatic rings. The van der Waals surface area contributed by atoms with E-state index in [-0.39, 0.29) is 11.8 Å². The van der Waals surface area contributed by atoms with Gasteiger partial charge in [0.15, 0.2) is 0 Å². The van der Waals surface area contributed by atoms with Gasteiger partial charge in [0.1, 0.15) is 0 Å². The van der Waals surface area contributed by atoms with Crippen LogP contribution in [0.15, 0.2) is 64.0 Å². The highest BCUT2D eigenvalue weighted by molar-refractivity contribution is 9.10. The number of nitrogens with one attached hydrogen (secondary N) is 1. The third-order valence-corrected chi connectivity index (χ3v) is 6.23. The maximum Gasteiger partial charge on any atom is 0.223 e. The van der Waals surface area contributed by atoms with Gasteiger partial charge in [0.2, 0.25) is 5.91 Å². The van der Waals surface area contributed by atoms with Gasteiger partial charge in [-0.3, -0.25) is 9.69 Å². The normalized spacial score (nSPS) is 15.7. The molecule has 3 rings (SSSR count). The standard InChI is InChI=1S/C21H25BrN2OS/c22-19-8-6-17(7-9-19)16-24-13-10-18(11-14-24)21(25)23-12-15-26-20-4-2-1-3-5-20/h1-9,18H,10-16H2,(H,23,25). The van der Waals surface area contributed by atoms with Gasteiger partial charge in [-0.25, -0.2) is 0 Å². The summed E-state index contributed by atoms with van der Waals surface area (Å²) in [5, 5.41) is 3.11. The number of rotatable bonds is 7. The maximum absolute atomic E-state index is 12.4. The first-order valence-electron chi connectivity index (χ1n) is 9.13. The Hall–Kier alpha value is -1.30. The predicted octanol–water partition coefficient (Wildman–Crippen LogP) is 4.57. The van der Waals surface area contributed by atoms with Gasteiger partial charge in [-0.15, -0.1) is 11.8 Å². The van der Waals surface area contributed by atoms with Crippen LogP contribution in [0.2, 0.25) is 0 Å².